The molecule has 0 fully saturated rings. The molecule has 8 heteroatoms. The van der Waals surface area contributed by atoms with Gasteiger partial charge >= 0.3 is 0 Å². The minimum Gasteiger partial charge on any atom is -0.349 e. The predicted octanol–water partition coefficient (Wildman–Crippen LogP) is 4.16. The highest BCUT2D eigenvalue weighted by Crippen LogP contribution is 2.26. The van der Waals surface area contributed by atoms with Crippen LogP contribution in [0.2, 0.25) is 5.02 Å². The number of carbonyl (C=O) groups is 1. The molecule has 0 bridgehead atoms. The molecule has 4 rings (SSSR count). The normalized spacial score (nSPS) is 14.2. The highest BCUT2D eigenvalue weighted by Gasteiger charge is 2.17. The summed E-state index contributed by atoms with van der Waals surface area (Å²) in [5, 5.41) is 12.4. The van der Waals surface area contributed by atoms with E-state index >= 15 is 0 Å². The number of nitrogens with two attached hydrogens (primary N) is 1. The molecule has 0 aliphatic heterocycles. The first-order chi connectivity index (χ1) is 14.5. The summed E-state index contributed by atoms with van der Waals surface area (Å²) in [6, 6.07) is 13.8. The summed E-state index contributed by atoms with van der Waals surface area (Å²) >= 11 is 7.29. The van der Waals surface area contributed by atoms with Crippen molar-refractivity contribution in [2.45, 2.75) is 43.8 Å². The van der Waals surface area contributed by atoms with Gasteiger partial charge in [0.05, 0.1) is 11.8 Å². The lowest BCUT2D eigenvalue weighted by Crippen LogP contribution is -2.28. The van der Waals surface area contributed by atoms with Crippen LogP contribution in [0.5, 0.6) is 0 Å². The minimum absolute atomic E-state index is 0.0527. The molecule has 1 aliphatic rings. The Balaban J connectivity index is 1.36. The van der Waals surface area contributed by atoms with Crippen LogP contribution in [0.3, 0.4) is 0 Å². The molecule has 3 N–H and O–H groups in total. The van der Waals surface area contributed by atoms with Crippen LogP contribution in [0.1, 0.15) is 42.5 Å². The van der Waals surface area contributed by atoms with Crippen LogP contribution in [-0.2, 0) is 17.6 Å². The van der Waals surface area contributed by atoms with E-state index in [9.17, 15) is 4.79 Å². The number of aryl methyl sites for hydroxylation is 2. The van der Waals surface area contributed by atoms with Gasteiger partial charge in [-0.3, -0.25) is 4.79 Å². The second-order valence-electron chi connectivity index (χ2n) is 7.50. The zero-order valence-electron chi connectivity index (χ0n) is 16.8. The number of aromatic nitrogens is 3. The molecule has 2 aromatic carbocycles. The van der Waals surface area contributed by atoms with E-state index in [0.717, 1.165) is 24.0 Å². The van der Waals surface area contributed by atoms with Crippen LogP contribution in [0.25, 0.3) is 11.4 Å². The lowest BCUT2D eigenvalue weighted by Gasteiger charge is -2.20. The molecule has 30 heavy (non-hydrogen) atoms. The van der Waals surface area contributed by atoms with Crippen molar-refractivity contribution in [3.8, 4) is 11.4 Å². The van der Waals surface area contributed by atoms with E-state index in [0.29, 0.717) is 16.0 Å². The largest absolute Gasteiger partial charge is 0.349 e. The third-order valence-corrected chi connectivity index (χ3v) is 6.51. The van der Waals surface area contributed by atoms with Gasteiger partial charge in [-0.25, -0.2) is 4.68 Å². The fraction of sp³-hybridized carbons (Fsp3) is 0.318. The third-order valence-electron chi connectivity index (χ3n) is 5.33. The van der Waals surface area contributed by atoms with Gasteiger partial charge in [-0.15, -0.1) is 10.2 Å². The van der Waals surface area contributed by atoms with Gasteiger partial charge in [-0.2, -0.15) is 0 Å². The van der Waals surface area contributed by atoms with Crippen molar-refractivity contribution in [3.05, 3.63) is 64.2 Å². The number of nitrogens with zero attached hydrogens (tertiary/aromatic N) is 3. The summed E-state index contributed by atoms with van der Waals surface area (Å²) in [7, 11) is 0. The molecule has 1 atom stereocenters. The smallest absolute Gasteiger partial charge is 0.230 e. The van der Waals surface area contributed by atoms with Crippen molar-refractivity contribution < 1.29 is 4.79 Å². The molecule has 0 radical (unpaired) electrons. The highest BCUT2D eigenvalue weighted by atomic mass is 35.5. The number of hydrogen-bond donors (Lipinski definition) is 2. The second kappa shape index (κ2) is 9.10. The van der Waals surface area contributed by atoms with Gasteiger partial charge in [0.25, 0.3) is 0 Å². The fourth-order valence-corrected chi connectivity index (χ4v) is 4.58. The maximum atomic E-state index is 12.5. The molecule has 0 unspecified atom stereocenters. The van der Waals surface area contributed by atoms with E-state index < -0.39 is 0 Å². The monoisotopic (exact) mass is 441 g/mol. The van der Waals surface area contributed by atoms with Gasteiger partial charge in [0, 0.05) is 10.6 Å². The number of hydrogen-bond acceptors (Lipinski definition) is 5. The number of benzene rings is 2. The zero-order valence-corrected chi connectivity index (χ0v) is 18.3. The van der Waals surface area contributed by atoms with Crippen molar-refractivity contribution >= 4 is 29.3 Å². The highest BCUT2D eigenvalue weighted by molar-refractivity contribution is 7.99. The van der Waals surface area contributed by atoms with Crippen LogP contribution in [0, 0.1) is 0 Å². The molecule has 0 saturated heterocycles. The fourth-order valence-electron chi connectivity index (χ4n) is 3.72. The Kier molecular flexibility index (Phi) is 6.29. The average molecular weight is 442 g/mol. The van der Waals surface area contributed by atoms with Crippen molar-refractivity contribution in [3.63, 3.8) is 0 Å². The first kappa shape index (κ1) is 20.8. The van der Waals surface area contributed by atoms with Gasteiger partial charge in [0.2, 0.25) is 11.1 Å². The Morgan fingerprint density at radius 1 is 1.20 bits per heavy atom. The lowest BCUT2D eigenvalue weighted by atomic mass is 9.89. The number of thioether (sulfide) groups is 1. The lowest BCUT2D eigenvalue weighted by molar-refractivity contribution is -0.119. The Hall–Kier alpha value is -2.51. The summed E-state index contributed by atoms with van der Waals surface area (Å²) in [6.07, 6.45) is 4.79. The first-order valence-corrected chi connectivity index (χ1v) is 11.4. The van der Waals surface area contributed by atoms with Crippen LogP contribution in [-0.4, -0.2) is 26.5 Å². The number of amides is 1. The maximum Gasteiger partial charge on any atom is 0.230 e. The van der Waals surface area contributed by atoms with E-state index in [4.69, 9.17) is 17.4 Å². The Morgan fingerprint density at radius 3 is 2.80 bits per heavy atom. The van der Waals surface area contributed by atoms with E-state index in [1.165, 1.54) is 40.4 Å². The summed E-state index contributed by atoms with van der Waals surface area (Å²) in [5.41, 5.74) is 4.77. The topological polar surface area (TPSA) is 85.8 Å². The molecule has 0 spiro atoms. The van der Waals surface area contributed by atoms with Crippen LogP contribution < -0.4 is 11.2 Å². The van der Waals surface area contributed by atoms with Gasteiger partial charge in [-0.05, 0) is 61.4 Å². The van der Waals surface area contributed by atoms with Gasteiger partial charge < -0.3 is 11.2 Å². The molecule has 156 valence electrons. The van der Waals surface area contributed by atoms with Crippen molar-refractivity contribution in [2.75, 3.05) is 11.6 Å². The van der Waals surface area contributed by atoms with Crippen LogP contribution >= 0.6 is 23.4 Å². The van der Waals surface area contributed by atoms with Crippen molar-refractivity contribution in [1.82, 2.24) is 20.2 Å². The third kappa shape index (κ3) is 4.63. The molecule has 0 saturated carbocycles. The number of carbonyl (C=O) groups excluding carboxylic acids is 1. The number of halogens is 1. The van der Waals surface area contributed by atoms with Gasteiger partial charge in [-0.1, -0.05) is 53.7 Å². The summed E-state index contributed by atoms with van der Waals surface area (Å²) in [4.78, 5) is 12.5. The second-order valence-corrected chi connectivity index (χ2v) is 8.88. The van der Waals surface area contributed by atoms with Crippen LogP contribution in [0.4, 0.5) is 0 Å². The van der Waals surface area contributed by atoms with E-state index in [-0.39, 0.29) is 17.7 Å². The van der Waals surface area contributed by atoms with E-state index in [2.05, 4.69) is 33.7 Å². The summed E-state index contributed by atoms with van der Waals surface area (Å²) in [5.74, 6) is 6.76. The Morgan fingerprint density at radius 2 is 2.00 bits per heavy atom. The van der Waals surface area contributed by atoms with Crippen LogP contribution in [0.15, 0.2) is 47.6 Å². The molecule has 3 aromatic rings. The zero-order chi connectivity index (χ0) is 21.1. The number of nitrogens with one attached hydrogen (secondary N) is 1. The Labute approximate surface area is 185 Å². The molecule has 1 aliphatic carbocycles. The van der Waals surface area contributed by atoms with E-state index in [1.807, 2.05) is 19.1 Å². The Bertz CT molecular complexity index is 1070. The molecular weight excluding hydrogens is 418 g/mol. The predicted molar refractivity (Wildman–Crippen MR) is 121 cm³/mol. The quantitative estimate of drug-likeness (QED) is 0.443. The summed E-state index contributed by atoms with van der Waals surface area (Å²) in [6.45, 7) is 2.01. The standard InChI is InChI=1S/C22H24ClN5OS/c1-14(16-10-9-15-5-2-3-6-17(15)11-16)25-20(29)13-30-22-27-26-21(28(22)24)18-7-4-8-19(23)12-18/h4,7-12,14H,2-3,5-6,13,24H2,1H3,(H,25,29)/t14-/m1/s1. The molecule has 6 nitrogen and oxygen atoms in total. The number of fused-ring (bicyclic) bond motifs is 1. The van der Waals surface area contributed by atoms with Crippen molar-refractivity contribution in [2.24, 2.45) is 0 Å². The SMILES string of the molecule is C[C@@H](NC(=O)CSc1nnc(-c2cccc(Cl)c2)n1N)c1ccc2c(c1)CCCC2. The first-order valence-electron chi connectivity index (χ1n) is 10.0. The van der Waals surface area contributed by atoms with Gasteiger partial charge in [0.15, 0.2) is 5.82 Å². The average Bonchev–Trinajstić information content (AvgIpc) is 3.12. The maximum absolute atomic E-state index is 12.5. The molecule has 1 heterocycles. The van der Waals surface area contributed by atoms with E-state index in [1.54, 1.807) is 12.1 Å². The molecule has 1 amide bonds. The van der Waals surface area contributed by atoms with Gasteiger partial charge in [0.1, 0.15) is 0 Å². The number of nitrogen functional groups attached to an aromatic ring is 1. The molecular formula is C22H24ClN5OS. The summed E-state index contributed by atoms with van der Waals surface area (Å²) < 4.78 is 1.39. The number of rotatable bonds is 6. The molecule has 1 aromatic heterocycles. The van der Waals surface area contributed by atoms with Crippen molar-refractivity contribution in [1.29, 1.82) is 0 Å². The minimum atomic E-state index is -0.0717.